The maximum absolute atomic E-state index is 5.44. The lowest BCUT2D eigenvalue weighted by Crippen LogP contribution is -2.42. The molecule has 0 bridgehead atoms. The van der Waals surface area contributed by atoms with E-state index >= 15 is 0 Å². The molecule has 24 heavy (non-hydrogen) atoms. The average Bonchev–Trinajstić information content (AvgIpc) is 2.59. The van der Waals surface area contributed by atoms with E-state index < -0.39 is 0 Å². The third-order valence-corrected chi connectivity index (χ3v) is 5.70. The van der Waals surface area contributed by atoms with Gasteiger partial charge in [0.1, 0.15) is 0 Å². The molecular formula is C21H34N2O. The van der Waals surface area contributed by atoms with Gasteiger partial charge in [0.15, 0.2) is 0 Å². The molecule has 1 heterocycles. The monoisotopic (exact) mass is 330 g/mol. The Morgan fingerprint density at radius 3 is 2.42 bits per heavy atom. The number of hydrogen-bond donors (Lipinski definition) is 0. The summed E-state index contributed by atoms with van der Waals surface area (Å²) < 4.78 is 5.44. The Morgan fingerprint density at radius 2 is 1.79 bits per heavy atom. The molecule has 0 unspecified atom stereocenters. The van der Waals surface area contributed by atoms with Gasteiger partial charge in [-0.05, 0) is 55.3 Å². The van der Waals surface area contributed by atoms with Crippen molar-refractivity contribution in [1.82, 2.24) is 9.80 Å². The molecule has 1 aliphatic carbocycles. The summed E-state index contributed by atoms with van der Waals surface area (Å²) >= 11 is 0. The summed E-state index contributed by atoms with van der Waals surface area (Å²) in [7, 11) is 0. The molecule has 0 radical (unpaired) electrons. The summed E-state index contributed by atoms with van der Waals surface area (Å²) in [6, 6.07) is 9.46. The van der Waals surface area contributed by atoms with Gasteiger partial charge in [-0.25, -0.2) is 0 Å². The van der Waals surface area contributed by atoms with Crippen LogP contribution in [-0.2, 0) is 11.3 Å². The van der Waals surface area contributed by atoms with Gasteiger partial charge in [-0.1, -0.05) is 38.1 Å². The van der Waals surface area contributed by atoms with Crippen molar-refractivity contribution in [3.8, 4) is 0 Å². The van der Waals surface area contributed by atoms with Gasteiger partial charge in [0, 0.05) is 26.2 Å². The Balaban J connectivity index is 1.43. The van der Waals surface area contributed by atoms with Gasteiger partial charge >= 0.3 is 0 Å². The van der Waals surface area contributed by atoms with E-state index in [1.54, 1.807) is 5.56 Å². The molecule has 0 spiro atoms. The minimum Gasteiger partial charge on any atom is -0.379 e. The Labute approximate surface area is 148 Å². The van der Waals surface area contributed by atoms with E-state index in [-0.39, 0.29) is 0 Å². The first kappa shape index (κ1) is 17.9. The van der Waals surface area contributed by atoms with Crippen LogP contribution in [0.5, 0.6) is 0 Å². The SMILES string of the molecule is CCCN(CC)Cc1ccc(C2CC(CN3CCOCC3)C2)cc1. The fourth-order valence-corrected chi connectivity index (χ4v) is 4.12. The van der Waals surface area contributed by atoms with Gasteiger partial charge in [-0.2, -0.15) is 0 Å². The molecule has 0 N–H and O–H groups in total. The van der Waals surface area contributed by atoms with Crippen molar-refractivity contribution >= 4 is 0 Å². The fourth-order valence-electron chi connectivity index (χ4n) is 4.12. The highest BCUT2D eigenvalue weighted by molar-refractivity contribution is 5.27. The van der Waals surface area contributed by atoms with Crippen LogP contribution < -0.4 is 0 Å². The molecule has 1 saturated heterocycles. The van der Waals surface area contributed by atoms with E-state index in [1.807, 2.05) is 0 Å². The summed E-state index contributed by atoms with van der Waals surface area (Å²) in [5, 5.41) is 0. The number of rotatable bonds is 8. The van der Waals surface area contributed by atoms with E-state index in [1.165, 1.54) is 37.9 Å². The third kappa shape index (κ3) is 4.81. The number of morpholine rings is 1. The van der Waals surface area contributed by atoms with Gasteiger partial charge in [0.25, 0.3) is 0 Å². The standard InChI is InChI=1S/C21H34N2O/c1-3-9-22(4-2)16-18-5-7-20(8-6-18)21-14-19(15-21)17-23-10-12-24-13-11-23/h5-8,19,21H,3-4,9-17H2,1-2H3. The molecule has 0 amide bonds. The highest BCUT2D eigenvalue weighted by Gasteiger charge is 2.31. The van der Waals surface area contributed by atoms with Crippen LogP contribution in [0.4, 0.5) is 0 Å². The molecule has 1 saturated carbocycles. The second-order valence-corrected chi connectivity index (χ2v) is 7.56. The van der Waals surface area contributed by atoms with Crippen molar-refractivity contribution in [1.29, 1.82) is 0 Å². The normalized spacial score (nSPS) is 25.0. The molecule has 3 heteroatoms. The van der Waals surface area contributed by atoms with Gasteiger partial charge < -0.3 is 4.74 Å². The summed E-state index contributed by atoms with van der Waals surface area (Å²) in [6.45, 7) is 13.3. The molecule has 0 aromatic heterocycles. The second-order valence-electron chi connectivity index (χ2n) is 7.56. The van der Waals surface area contributed by atoms with Crippen molar-refractivity contribution in [2.75, 3.05) is 45.9 Å². The summed E-state index contributed by atoms with van der Waals surface area (Å²) in [5.41, 5.74) is 3.01. The van der Waals surface area contributed by atoms with Crippen molar-refractivity contribution in [3.63, 3.8) is 0 Å². The van der Waals surface area contributed by atoms with Crippen molar-refractivity contribution < 1.29 is 4.74 Å². The zero-order valence-electron chi connectivity index (χ0n) is 15.5. The molecule has 134 valence electrons. The van der Waals surface area contributed by atoms with Crippen LogP contribution in [-0.4, -0.2) is 55.7 Å². The van der Waals surface area contributed by atoms with Crippen molar-refractivity contribution in [2.45, 2.75) is 45.6 Å². The molecule has 1 aliphatic heterocycles. The number of nitrogens with zero attached hydrogens (tertiary/aromatic N) is 2. The largest absolute Gasteiger partial charge is 0.379 e. The predicted octanol–water partition coefficient (Wildman–Crippen LogP) is 3.74. The Kier molecular flexibility index (Phi) is 6.70. The first-order chi connectivity index (χ1) is 11.8. The molecule has 0 atom stereocenters. The maximum atomic E-state index is 5.44. The molecule has 2 aliphatic rings. The van der Waals surface area contributed by atoms with Gasteiger partial charge in [-0.15, -0.1) is 0 Å². The lowest BCUT2D eigenvalue weighted by Gasteiger charge is -2.40. The number of hydrogen-bond acceptors (Lipinski definition) is 3. The van der Waals surface area contributed by atoms with Crippen molar-refractivity contribution in [2.24, 2.45) is 5.92 Å². The molecule has 1 aromatic rings. The summed E-state index contributed by atoms with van der Waals surface area (Å²) in [4.78, 5) is 5.11. The summed E-state index contributed by atoms with van der Waals surface area (Å²) in [5.74, 6) is 1.69. The second kappa shape index (κ2) is 8.98. The van der Waals surface area contributed by atoms with Crippen LogP contribution in [0.1, 0.15) is 50.2 Å². The minimum absolute atomic E-state index is 0.794. The average molecular weight is 331 g/mol. The van der Waals surface area contributed by atoms with Crippen LogP contribution in [0.15, 0.2) is 24.3 Å². The highest BCUT2D eigenvalue weighted by Crippen LogP contribution is 2.42. The minimum atomic E-state index is 0.794. The molecular weight excluding hydrogens is 296 g/mol. The van der Waals surface area contributed by atoms with Crippen LogP contribution in [0, 0.1) is 5.92 Å². The van der Waals surface area contributed by atoms with Gasteiger partial charge in [0.05, 0.1) is 13.2 Å². The van der Waals surface area contributed by atoms with Crippen LogP contribution in [0.2, 0.25) is 0 Å². The van der Waals surface area contributed by atoms with E-state index in [2.05, 4.69) is 47.9 Å². The Morgan fingerprint density at radius 1 is 1.08 bits per heavy atom. The predicted molar refractivity (Wildman–Crippen MR) is 100 cm³/mol. The molecule has 3 nitrogen and oxygen atoms in total. The first-order valence-corrected chi connectivity index (χ1v) is 9.89. The van der Waals surface area contributed by atoms with E-state index in [0.29, 0.717) is 0 Å². The Hall–Kier alpha value is -0.900. The highest BCUT2D eigenvalue weighted by atomic mass is 16.5. The molecule has 1 aromatic carbocycles. The fraction of sp³-hybridized carbons (Fsp3) is 0.714. The van der Waals surface area contributed by atoms with Crippen molar-refractivity contribution in [3.05, 3.63) is 35.4 Å². The van der Waals surface area contributed by atoms with Gasteiger partial charge in [0.2, 0.25) is 0 Å². The third-order valence-electron chi connectivity index (χ3n) is 5.70. The van der Waals surface area contributed by atoms with Gasteiger partial charge in [-0.3, -0.25) is 9.80 Å². The quantitative estimate of drug-likeness (QED) is 0.722. The topological polar surface area (TPSA) is 15.7 Å². The number of benzene rings is 1. The molecule has 3 rings (SSSR count). The van der Waals surface area contributed by atoms with E-state index in [9.17, 15) is 0 Å². The van der Waals surface area contributed by atoms with E-state index in [4.69, 9.17) is 4.74 Å². The van der Waals surface area contributed by atoms with Crippen LogP contribution in [0.25, 0.3) is 0 Å². The van der Waals surface area contributed by atoms with Crippen LogP contribution >= 0.6 is 0 Å². The van der Waals surface area contributed by atoms with Crippen LogP contribution in [0.3, 0.4) is 0 Å². The summed E-state index contributed by atoms with van der Waals surface area (Å²) in [6.07, 6.45) is 3.97. The zero-order valence-corrected chi connectivity index (χ0v) is 15.5. The van der Waals surface area contributed by atoms with E-state index in [0.717, 1.165) is 51.2 Å². The smallest absolute Gasteiger partial charge is 0.0594 e. The first-order valence-electron chi connectivity index (χ1n) is 9.89. The number of ether oxygens (including phenoxy) is 1. The Bertz CT molecular complexity index is 475. The lowest BCUT2D eigenvalue weighted by atomic mass is 9.71. The lowest BCUT2D eigenvalue weighted by molar-refractivity contribution is 0.0217. The molecule has 2 fully saturated rings. The zero-order chi connectivity index (χ0) is 16.8. The maximum Gasteiger partial charge on any atom is 0.0594 e.